The molecule has 2 unspecified atom stereocenters. The molecule has 0 amide bonds. The van der Waals surface area contributed by atoms with E-state index in [0.29, 0.717) is 34.9 Å². The Kier molecular flexibility index (Phi) is 8.17. The molecule has 0 fully saturated rings. The van der Waals surface area contributed by atoms with E-state index in [4.69, 9.17) is 29.9 Å². The van der Waals surface area contributed by atoms with E-state index in [0.717, 1.165) is 55.2 Å². The van der Waals surface area contributed by atoms with Crippen molar-refractivity contribution >= 4 is 21.8 Å². The molecule has 3 aliphatic rings. The number of pyridine rings is 2. The lowest BCUT2D eigenvalue weighted by Crippen LogP contribution is -2.27. The van der Waals surface area contributed by atoms with Gasteiger partial charge in [0.1, 0.15) is 0 Å². The van der Waals surface area contributed by atoms with Crippen molar-refractivity contribution < 1.29 is 0 Å². The van der Waals surface area contributed by atoms with Gasteiger partial charge in [-0.1, -0.05) is 121 Å². The SMILES string of the molecule is c1ccc(-c2nc(-c3ccc4c(c3)C3c5ccccc5C4c4cc(-c5nc(-c6ccccc6)nc(-c6ccc7ncccc7c6)n5)ccc43)nc(-c3ccc4ncccc4c3)n2)cc1. The van der Waals surface area contributed by atoms with E-state index in [9.17, 15) is 0 Å². The van der Waals surface area contributed by atoms with E-state index >= 15 is 0 Å². The van der Waals surface area contributed by atoms with Crippen LogP contribution in [0.3, 0.4) is 0 Å². The number of aromatic nitrogens is 8. The molecule has 8 heteroatoms. The average Bonchev–Trinajstić information content (AvgIpc) is 3.38. The van der Waals surface area contributed by atoms with Crippen LogP contribution in [-0.2, 0) is 0 Å². The average molecular weight is 819 g/mol. The maximum atomic E-state index is 5.16. The first kappa shape index (κ1) is 36.1. The van der Waals surface area contributed by atoms with Gasteiger partial charge >= 0.3 is 0 Å². The summed E-state index contributed by atoms with van der Waals surface area (Å²) in [6, 6.07) is 63.0. The zero-order valence-electron chi connectivity index (χ0n) is 34.2. The molecule has 0 N–H and O–H groups in total. The van der Waals surface area contributed by atoms with Gasteiger partial charge in [0.05, 0.1) is 11.0 Å². The molecule has 298 valence electrons. The van der Waals surface area contributed by atoms with Gasteiger partial charge < -0.3 is 0 Å². The molecule has 8 nitrogen and oxygen atoms in total. The van der Waals surface area contributed by atoms with E-state index in [-0.39, 0.29) is 11.8 Å². The summed E-state index contributed by atoms with van der Waals surface area (Å²) in [6.45, 7) is 0. The monoisotopic (exact) mass is 818 g/mol. The maximum absolute atomic E-state index is 5.16. The normalized spacial score (nSPS) is 14.6. The number of benzene rings is 7. The summed E-state index contributed by atoms with van der Waals surface area (Å²) in [7, 11) is 0. The second-order valence-electron chi connectivity index (χ2n) is 16.3. The third-order valence-corrected chi connectivity index (χ3v) is 12.6. The van der Waals surface area contributed by atoms with E-state index < -0.39 is 0 Å². The largest absolute Gasteiger partial charge is 0.256 e. The van der Waals surface area contributed by atoms with Gasteiger partial charge in [-0.3, -0.25) is 9.97 Å². The quantitative estimate of drug-likeness (QED) is 0.163. The van der Waals surface area contributed by atoms with Crippen LogP contribution in [0.15, 0.2) is 194 Å². The Balaban J connectivity index is 0.938. The molecule has 64 heavy (non-hydrogen) atoms. The molecule has 3 aliphatic carbocycles. The van der Waals surface area contributed by atoms with Gasteiger partial charge in [-0.05, 0) is 94.0 Å². The molecule has 11 aromatic rings. The fourth-order valence-corrected chi connectivity index (χ4v) is 9.63. The third kappa shape index (κ3) is 5.99. The number of hydrogen-bond donors (Lipinski definition) is 0. The number of hydrogen-bond acceptors (Lipinski definition) is 8. The molecule has 7 aromatic carbocycles. The lowest BCUT2D eigenvalue weighted by Gasteiger charge is -2.42. The second-order valence-corrected chi connectivity index (χ2v) is 16.3. The molecule has 0 spiro atoms. The van der Waals surface area contributed by atoms with Crippen molar-refractivity contribution in [2.45, 2.75) is 11.8 Å². The van der Waals surface area contributed by atoms with Crippen LogP contribution in [0.25, 0.3) is 90.1 Å². The summed E-state index contributed by atoms with van der Waals surface area (Å²) in [4.78, 5) is 39.7. The minimum absolute atomic E-state index is 0.0168. The van der Waals surface area contributed by atoms with Crippen LogP contribution < -0.4 is 0 Å². The highest BCUT2D eigenvalue weighted by Crippen LogP contribution is 2.56. The second kappa shape index (κ2) is 14.5. The Hall–Kier alpha value is -8.62. The van der Waals surface area contributed by atoms with E-state index in [1.165, 1.54) is 33.4 Å². The Bertz CT molecular complexity index is 3410. The minimum atomic E-state index is 0.0168. The highest BCUT2D eigenvalue weighted by atomic mass is 15.0. The molecular weight excluding hydrogens is 785 g/mol. The number of nitrogens with zero attached hydrogens (tertiary/aromatic N) is 8. The standard InChI is InChI=1S/C56H34N8/c1-3-11-33(12-4-1)51-59-53(37-21-25-47-35(29-37)15-9-27-57-47)63-55(61-51)39-19-23-43-45(31-39)49-41-17-7-8-18-42(41)50(43)46-32-40(20-24-44(46)49)56-62-52(34-13-5-2-6-14-34)60-54(64-56)38-22-26-48-36(30-38)16-10-28-58-48/h1-32,49-50H. The van der Waals surface area contributed by atoms with E-state index in [2.05, 4.69) is 94.9 Å². The molecule has 0 saturated carbocycles. The van der Waals surface area contributed by atoms with Crippen molar-refractivity contribution in [1.82, 2.24) is 39.9 Å². The van der Waals surface area contributed by atoms with Gasteiger partial charge in [-0.15, -0.1) is 0 Å². The Morgan fingerprint density at radius 1 is 0.250 bits per heavy atom. The Labute approximate surface area is 368 Å². The van der Waals surface area contributed by atoms with Crippen LogP contribution in [0.2, 0.25) is 0 Å². The fraction of sp³-hybridized carbons (Fsp3) is 0.0357. The van der Waals surface area contributed by atoms with Gasteiger partial charge in [0.2, 0.25) is 0 Å². The highest BCUT2D eigenvalue weighted by molar-refractivity contribution is 5.85. The van der Waals surface area contributed by atoms with E-state index in [1.54, 1.807) is 0 Å². The summed E-state index contributed by atoms with van der Waals surface area (Å²) in [5.41, 5.74) is 15.2. The molecule has 2 bridgehead atoms. The highest BCUT2D eigenvalue weighted by Gasteiger charge is 2.41. The van der Waals surface area contributed by atoms with Crippen LogP contribution in [0, 0.1) is 0 Å². The van der Waals surface area contributed by atoms with Crippen LogP contribution in [-0.4, -0.2) is 39.9 Å². The van der Waals surface area contributed by atoms with Gasteiger partial charge in [-0.25, -0.2) is 29.9 Å². The first-order valence-electron chi connectivity index (χ1n) is 21.4. The number of rotatable bonds is 6. The molecule has 4 aromatic heterocycles. The lowest BCUT2D eigenvalue weighted by molar-refractivity contribution is 0.754. The predicted octanol–water partition coefficient (Wildman–Crippen LogP) is 12.1. The summed E-state index contributed by atoms with van der Waals surface area (Å²) in [5, 5.41) is 2.06. The molecule has 14 rings (SSSR count). The van der Waals surface area contributed by atoms with Gasteiger partial charge in [-0.2, -0.15) is 0 Å². The number of fused-ring (bicyclic) bond motifs is 2. The lowest BCUT2D eigenvalue weighted by atomic mass is 9.61. The molecule has 0 saturated heterocycles. The first-order chi connectivity index (χ1) is 31.7. The molecule has 4 heterocycles. The zero-order chi connectivity index (χ0) is 42.1. The summed E-state index contributed by atoms with van der Waals surface area (Å²) in [5.74, 6) is 3.79. The third-order valence-electron chi connectivity index (χ3n) is 12.6. The zero-order valence-corrected chi connectivity index (χ0v) is 34.2. The molecule has 0 radical (unpaired) electrons. The maximum Gasteiger partial charge on any atom is 0.164 e. The van der Waals surface area contributed by atoms with Gasteiger partial charge in [0.15, 0.2) is 34.9 Å². The van der Waals surface area contributed by atoms with Crippen molar-refractivity contribution in [3.8, 4) is 68.3 Å². The minimum Gasteiger partial charge on any atom is -0.256 e. The van der Waals surface area contributed by atoms with Crippen LogP contribution >= 0.6 is 0 Å². The topological polar surface area (TPSA) is 103 Å². The predicted molar refractivity (Wildman–Crippen MR) is 251 cm³/mol. The van der Waals surface area contributed by atoms with Crippen molar-refractivity contribution in [3.05, 3.63) is 228 Å². The molecule has 2 atom stereocenters. The van der Waals surface area contributed by atoms with Crippen molar-refractivity contribution in [1.29, 1.82) is 0 Å². The van der Waals surface area contributed by atoms with Crippen molar-refractivity contribution in [3.63, 3.8) is 0 Å². The summed E-state index contributed by atoms with van der Waals surface area (Å²) < 4.78 is 0. The van der Waals surface area contributed by atoms with Gasteiger partial charge in [0.25, 0.3) is 0 Å². The van der Waals surface area contributed by atoms with E-state index in [1.807, 2.05) is 109 Å². The van der Waals surface area contributed by atoms with Crippen molar-refractivity contribution in [2.75, 3.05) is 0 Å². The summed E-state index contributed by atoms with van der Waals surface area (Å²) in [6.07, 6.45) is 3.63. The Morgan fingerprint density at radius 2 is 0.594 bits per heavy atom. The van der Waals surface area contributed by atoms with Crippen molar-refractivity contribution in [2.24, 2.45) is 0 Å². The first-order valence-corrected chi connectivity index (χ1v) is 21.4. The van der Waals surface area contributed by atoms with Gasteiger partial charge in [0, 0.05) is 68.4 Å². The summed E-state index contributed by atoms with van der Waals surface area (Å²) >= 11 is 0. The van der Waals surface area contributed by atoms with Crippen LogP contribution in [0.5, 0.6) is 0 Å². The van der Waals surface area contributed by atoms with Crippen LogP contribution in [0.4, 0.5) is 0 Å². The van der Waals surface area contributed by atoms with Crippen LogP contribution in [0.1, 0.15) is 45.2 Å². The molecule has 0 aliphatic heterocycles. The smallest absolute Gasteiger partial charge is 0.164 e. The molecular formula is C56H34N8. The fourth-order valence-electron chi connectivity index (χ4n) is 9.63. The Morgan fingerprint density at radius 3 is 1.02 bits per heavy atom.